The van der Waals surface area contributed by atoms with Gasteiger partial charge in [0.15, 0.2) is 16.3 Å². The predicted molar refractivity (Wildman–Crippen MR) is 131 cm³/mol. The maximum absolute atomic E-state index is 12.4. The van der Waals surface area contributed by atoms with Crippen LogP contribution in [-0.4, -0.2) is 37.6 Å². The lowest BCUT2D eigenvalue weighted by atomic mass is 10.2. The first kappa shape index (κ1) is 21.8. The Kier molecular flexibility index (Phi) is 6.05. The number of amides is 1. The topological polar surface area (TPSA) is 103 Å². The lowest BCUT2D eigenvalue weighted by Gasteiger charge is -2.11. The lowest BCUT2D eigenvalue weighted by molar-refractivity contribution is 0.0977. The zero-order valence-corrected chi connectivity index (χ0v) is 19.2. The Morgan fingerprint density at radius 1 is 1.12 bits per heavy atom. The van der Waals surface area contributed by atoms with Gasteiger partial charge in [-0.1, -0.05) is 6.07 Å². The minimum absolute atomic E-state index is 0.181. The number of anilines is 1. The van der Waals surface area contributed by atoms with Crippen molar-refractivity contribution in [3.8, 4) is 17.4 Å². The van der Waals surface area contributed by atoms with Gasteiger partial charge >= 0.3 is 0 Å². The number of fused-ring (bicyclic) bond motifs is 1. The first-order chi connectivity index (χ1) is 16.6. The maximum atomic E-state index is 12.4. The molecule has 34 heavy (non-hydrogen) atoms. The number of nitrogens with one attached hydrogen (secondary N) is 2. The summed E-state index contributed by atoms with van der Waals surface area (Å²) in [6.45, 7) is 0.918. The SMILES string of the molecule is COc1cccc(C(=O)NC(=S)Nc2ccc(Oc3ncnc4c3ncn4CC3CC3)cc2)c1. The van der Waals surface area contributed by atoms with E-state index in [0.29, 0.717) is 40.1 Å². The fourth-order valence-electron chi connectivity index (χ4n) is 3.47. The van der Waals surface area contributed by atoms with Crippen molar-refractivity contribution in [3.05, 3.63) is 66.7 Å². The average Bonchev–Trinajstić information content (AvgIpc) is 3.58. The Morgan fingerprint density at radius 3 is 2.71 bits per heavy atom. The molecule has 4 aromatic rings. The molecule has 0 aliphatic heterocycles. The second-order valence-corrected chi connectivity index (χ2v) is 8.37. The molecular weight excluding hydrogens is 452 g/mol. The number of methoxy groups -OCH3 is 1. The van der Waals surface area contributed by atoms with Gasteiger partial charge in [-0.25, -0.2) is 9.97 Å². The summed E-state index contributed by atoms with van der Waals surface area (Å²) in [5, 5.41) is 5.83. The normalized spacial score (nSPS) is 12.9. The van der Waals surface area contributed by atoms with Gasteiger partial charge in [-0.2, -0.15) is 4.98 Å². The average molecular weight is 475 g/mol. The molecule has 5 rings (SSSR count). The van der Waals surface area contributed by atoms with Crippen LogP contribution in [0.1, 0.15) is 23.2 Å². The molecule has 2 aromatic carbocycles. The first-order valence-electron chi connectivity index (χ1n) is 10.8. The van der Waals surface area contributed by atoms with Gasteiger partial charge in [-0.15, -0.1) is 0 Å². The summed E-state index contributed by atoms with van der Waals surface area (Å²) in [6, 6.07) is 14.0. The number of carbonyl (C=O) groups is 1. The van der Waals surface area contributed by atoms with E-state index in [9.17, 15) is 4.79 Å². The summed E-state index contributed by atoms with van der Waals surface area (Å²) < 4.78 is 13.2. The zero-order chi connectivity index (χ0) is 23.5. The number of rotatable bonds is 7. The molecule has 1 saturated carbocycles. The highest BCUT2D eigenvalue weighted by atomic mass is 32.1. The molecule has 172 valence electrons. The van der Waals surface area contributed by atoms with Crippen LogP contribution in [0.2, 0.25) is 0 Å². The summed E-state index contributed by atoms with van der Waals surface area (Å²) in [4.78, 5) is 25.5. The Bertz CT molecular complexity index is 1350. The molecule has 10 heteroatoms. The minimum atomic E-state index is -0.328. The van der Waals surface area contributed by atoms with E-state index in [1.54, 1.807) is 62.0 Å². The molecule has 0 spiro atoms. The van der Waals surface area contributed by atoms with Gasteiger partial charge in [0.25, 0.3) is 11.8 Å². The van der Waals surface area contributed by atoms with Crippen LogP contribution in [0.15, 0.2) is 61.2 Å². The molecule has 0 radical (unpaired) electrons. The van der Waals surface area contributed by atoms with Gasteiger partial charge in [0, 0.05) is 17.8 Å². The standard InChI is InChI=1S/C24H22N6O3S/c1-32-19-4-2-3-16(11-19)22(31)29-24(34)28-17-7-9-18(10-8-17)33-23-20-21(25-13-26-23)30(14-27-20)12-15-5-6-15/h2-4,7-11,13-15H,5-6,12H2,1H3,(H2,28,29,31,34). The van der Waals surface area contributed by atoms with Crippen molar-refractivity contribution in [2.45, 2.75) is 19.4 Å². The van der Waals surface area contributed by atoms with Crippen LogP contribution >= 0.6 is 12.2 Å². The van der Waals surface area contributed by atoms with Crippen molar-refractivity contribution in [2.75, 3.05) is 12.4 Å². The van der Waals surface area contributed by atoms with Crippen LogP contribution in [-0.2, 0) is 6.54 Å². The second kappa shape index (κ2) is 9.44. The van der Waals surface area contributed by atoms with E-state index < -0.39 is 0 Å². The van der Waals surface area contributed by atoms with Gasteiger partial charge in [0.1, 0.15) is 17.8 Å². The van der Waals surface area contributed by atoms with Crippen LogP contribution in [0.4, 0.5) is 5.69 Å². The highest BCUT2D eigenvalue weighted by Gasteiger charge is 2.23. The quantitative estimate of drug-likeness (QED) is 0.385. The van der Waals surface area contributed by atoms with E-state index in [2.05, 4.69) is 30.2 Å². The predicted octanol–water partition coefficient (Wildman–Crippen LogP) is 4.16. The van der Waals surface area contributed by atoms with E-state index in [1.165, 1.54) is 19.2 Å². The highest BCUT2D eigenvalue weighted by Crippen LogP contribution is 2.32. The molecule has 1 amide bonds. The van der Waals surface area contributed by atoms with Crippen molar-refractivity contribution in [3.63, 3.8) is 0 Å². The molecule has 0 unspecified atom stereocenters. The monoisotopic (exact) mass is 474 g/mol. The smallest absolute Gasteiger partial charge is 0.257 e. The number of thiocarbonyl (C=S) groups is 1. The fraction of sp³-hybridized carbons (Fsp3) is 0.208. The third kappa shape index (κ3) is 4.96. The number of imidazole rings is 1. The molecule has 1 aliphatic carbocycles. The van der Waals surface area contributed by atoms with Gasteiger partial charge in [0.2, 0.25) is 0 Å². The highest BCUT2D eigenvalue weighted by molar-refractivity contribution is 7.80. The summed E-state index contributed by atoms with van der Waals surface area (Å²) in [6.07, 6.45) is 5.78. The van der Waals surface area contributed by atoms with E-state index in [0.717, 1.165) is 12.2 Å². The number of nitrogens with zero attached hydrogens (tertiary/aromatic N) is 4. The van der Waals surface area contributed by atoms with Gasteiger partial charge in [-0.3, -0.25) is 10.1 Å². The first-order valence-corrected chi connectivity index (χ1v) is 11.2. The largest absolute Gasteiger partial charge is 0.497 e. The minimum Gasteiger partial charge on any atom is -0.497 e. The summed E-state index contributed by atoms with van der Waals surface area (Å²) in [5.74, 6) is 1.97. The van der Waals surface area contributed by atoms with Crippen LogP contribution in [0.25, 0.3) is 11.2 Å². The van der Waals surface area contributed by atoms with Gasteiger partial charge < -0.3 is 19.4 Å². The second-order valence-electron chi connectivity index (χ2n) is 7.96. The zero-order valence-electron chi connectivity index (χ0n) is 18.4. The molecule has 0 saturated heterocycles. The van der Waals surface area contributed by atoms with Crippen molar-refractivity contribution < 1.29 is 14.3 Å². The van der Waals surface area contributed by atoms with Crippen LogP contribution in [0, 0.1) is 5.92 Å². The Labute approximate surface area is 201 Å². The molecule has 9 nitrogen and oxygen atoms in total. The molecular formula is C24H22N6O3S. The van der Waals surface area contributed by atoms with Crippen LogP contribution < -0.4 is 20.1 Å². The summed E-state index contributed by atoms with van der Waals surface area (Å²) >= 11 is 5.27. The van der Waals surface area contributed by atoms with Crippen molar-refractivity contribution in [1.82, 2.24) is 24.8 Å². The fourth-order valence-corrected chi connectivity index (χ4v) is 3.68. The summed E-state index contributed by atoms with van der Waals surface area (Å²) in [5.41, 5.74) is 2.55. The number of aromatic nitrogens is 4. The van der Waals surface area contributed by atoms with E-state index >= 15 is 0 Å². The number of hydrogen-bond acceptors (Lipinski definition) is 7. The molecule has 2 heterocycles. The Morgan fingerprint density at radius 2 is 1.94 bits per heavy atom. The van der Waals surface area contributed by atoms with E-state index in [4.69, 9.17) is 21.7 Å². The van der Waals surface area contributed by atoms with E-state index in [-0.39, 0.29) is 11.0 Å². The number of carbonyl (C=O) groups excluding carboxylic acids is 1. The molecule has 0 bridgehead atoms. The van der Waals surface area contributed by atoms with Crippen LogP contribution in [0.3, 0.4) is 0 Å². The van der Waals surface area contributed by atoms with Gasteiger partial charge in [-0.05, 0) is 73.4 Å². The lowest BCUT2D eigenvalue weighted by Crippen LogP contribution is -2.34. The number of benzene rings is 2. The van der Waals surface area contributed by atoms with Crippen molar-refractivity contribution in [2.24, 2.45) is 5.92 Å². The molecule has 2 aromatic heterocycles. The Hall–Kier alpha value is -4.05. The van der Waals surface area contributed by atoms with Gasteiger partial charge in [0.05, 0.1) is 13.4 Å². The Balaban J connectivity index is 1.21. The molecule has 2 N–H and O–H groups in total. The van der Waals surface area contributed by atoms with E-state index in [1.807, 2.05) is 0 Å². The third-order valence-corrected chi connectivity index (χ3v) is 5.61. The molecule has 0 atom stereocenters. The molecule has 1 aliphatic rings. The molecule has 1 fully saturated rings. The van der Waals surface area contributed by atoms with Crippen LogP contribution in [0.5, 0.6) is 17.4 Å². The number of hydrogen-bond donors (Lipinski definition) is 2. The summed E-state index contributed by atoms with van der Waals surface area (Å²) in [7, 11) is 1.55. The number of ether oxygens (including phenoxy) is 2. The van der Waals surface area contributed by atoms with Crippen molar-refractivity contribution in [1.29, 1.82) is 0 Å². The third-order valence-electron chi connectivity index (χ3n) is 5.41. The van der Waals surface area contributed by atoms with Crippen molar-refractivity contribution >= 4 is 40.1 Å². The maximum Gasteiger partial charge on any atom is 0.257 e.